The number of piperidine rings is 1. The smallest absolute Gasteiger partial charge is 0.326 e. The van der Waals surface area contributed by atoms with E-state index in [-0.39, 0.29) is 5.91 Å². The van der Waals surface area contributed by atoms with Crippen molar-refractivity contribution in [2.45, 2.75) is 44.2 Å². The summed E-state index contributed by atoms with van der Waals surface area (Å²) in [6.07, 6.45) is 3.47. The Morgan fingerprint density at radius 2 is 2.00 bits per heavy atom. The topological polar surface area (TPSA) is 83.6 Å². The van der Waals surface area contributed by atoms with E-state index in [9.17, 15) is 14.7 Å². The van der Waals surface area contributed by atoms with Gasteiger partial charge in [0.25, 0.3) is 0 Å². The number of aryl methyl sites for hydroxylation is 1. The molecule has 0 aromatic heterocycles. The van der Waals surface area contributed by atoms with E-state index in [4.69, 9.17) is 5.73 Å². The summed E-state index contributed by atoms with van der Waals surface area (Å²) in [6.45, 7) is 0.495. The Balaban J connectivity index is 1.93. The number of aliphatic carboxylic acids is 1. The van der Waals surface area contributed by atoms with Crippen molar-refractivity contribution in [2.75, 3.05) is 6.54 Å². The molecule has 2 atom stereocenters. The summed E-state index contributed by atoms with van der Waals surface area (Å²) in [5, 5.41) is 9.21. The van der Waals surface area contributed by atoms with Crippen molar-refractivity contribution < 1.29 is 14.7 Å². The van der Waals surface area contributed by atoms with Crippen molar-refractivity contribution >= 4 is 11.9 Å². The summed E-state index contributed by atoms with van der Waals surface area (Å²) in [4.78, 5) is 25.1. The molecule has 0 saturated carbocycles. The lowest BCUT2D eigenvalue weighted by Gasteiger charge is -2.34. The standard InChI is InChI=1S/C16H22N2O3/c17-13(10-9-12-6-2-1-3-7-12)15(19)18-11-5-4-8-14(18)16(20)21/h1-3,6-7,13-14H,4-5,8-11,17H2,(H,20,21)/t13?,14-/m0/s1. The first-order valence-corrected chi connectivity index (χ1v) is 7.42. The minimum absolute atomic E-state index is 0.238. The monoisotopic (exact) mass is 290 g/mol. The minimum atomic E-state index is -0.932. The second-order valence-electron chi connectivity index (χ2n) is 5.51. The van der Waals surface area contributed by atoms with Gasteiger partial charge in [-0.1, -0.05) is 30.3 Å². The van der Waals surface area contributed by atoms with E-state index in [0.29, 0.717) is 19.4 Å². The van der Waals surface area contributed by atoms with Crippen LogP contribution in [0.1, 0.15) is 31.2 Å². The van der Waals surface area contributed by atoms with Gasteiger partial charge in [-0.3, -0.25) is 4.79 Å². The Morgan fingerprint density at radius 1 is 1.29 bits per heavy atom. The summed E-state index contributed by atoms with van der Waals surface area (Å²) in [6, 6.07) is 8.50. The van der Waals surface area contributed by atoms with Gasteiger partial charge in [0.05, 0.1) is 6.04 Å². The first-order valence-electron chi connectivity index (χ1n) is 7.42. The van der Waals surface area contributed by atoms with Crippen LogP contribution in [0, 0.1) is 0 Å². The van der Waals surface area contributed by atoms with Gasteiger partial charge in [0.2, 0.25) is 5.91 Å². The lowest BCUT2D eigenvalue weighted by molar-refractivity contribution is -0.152. The highest BCUT2D eigenvalue weighted by Gasteiger charge is 2.33. The lowest BCUT2D eigenvalue weighted by atomic mass is 9.99. The highest BCUT2D eigenvalue weighted by Crippen LogP contribution is 2.19. The summed E-state index contributed by atoms with van der Waals surface area (Å²) in [7, 11) is 0. The molecule has 1 aliphatic rings. The van der Waals surface area contributed by atoms with Gasteiger partial charge >= 0.3 is 5.97 Å². The van der Waals surface area contributed by atoms with Crippen LogP contribution in [-0.2, 0) is 16.0 Å². The fourth-order valence-corrected chi connectivity index (χ4v) is 2.76. The zero-order valence-electron chi connectivity index (χ0n) is 12.1. The largest absolute Gasteiger partial charge is 0.480 e. The van der Waals surface area contributed by atoms with Gasteiger partial charge in [-0.25, -0.2) is 4.79 Å². The van der Waals surface area contributed by atoms with Crippen LogP contribution < -0.4 is 5.73 Å². The third-order valence-electron chi connectivity index (χ3n) is 3.97. The highest BCUT2D eigenvalue weighted by molar-refractivity contribution is 5.87. The molecule has 1 fully saturated rings. The molecule has 1 unspecified atom stereocenters. The number of likely N-dealkylation sites (tertiary alicyclic amines) is 1. The summed E-state index contributed by atoms with van der Waals surface area (Å²) in [5.74, 6) is -1.17. The molecule has 1 aromatic rings. The molecule has 1 aliphatic heterocycles. The van der Waals surface area contributed by atoms with Crippen molar-refractivity contribution in [3.63, 3.8) is 0 Å². The zero-order chi connectivity index (χ0) is 15.2. The van der Waals surface area contributed by atoms with Gasteiger partial charge < -0.3 is 15.7 Å². The molecule has 0 spiro atoms. The number of hydrogen-bond acceptors (Lipinski definition) is 3. The Morgan fingerprint density at radius 3 is 2.67 bits per heavy atom. The number of nitrogens with zero attached hydrogens (tertiary/aromatic N) is 1. The van der Waals surface area contributed by atoms with Gasteiger partial charge in [-0.05, 0) is 37.7 Å². The van der Waals surface area contributed by atoms with E-state index in [0.717, 1.165) is 24.8 Å². The SMILES string of the molecule is NC(CCc1ccccc1)C(=O)N1CCCC[C@H]1C(=O)O. The minimum Gasteiger partial charge on any atom is -0.480 e. The van der Waals surface area contributed by atoms with Crippen molar-refractivity contribution in [3.05, 3.63) is 35.9 Å². The number of rotatable bonds is 5. The average Bonchev–Trinajstić information content (AvgIpc) is 2.52. The molecular weight excluding hydrogens is 268 g/mol. The number of carbonyl (C=O) groups excluding carboxylic acids is 1. The Hall–Kier alpha value is -1.88. The van der Waals surface area contributed by atoms with Crippen LogP contribution in [0.25, 0.3) is 0 Å². The molecule has 2 rings (SSSR count). The number of carboxylic acids is 1. The molecule has 114 valence electrons. The summed E-state index contributed by atoms with van der Waals surface area (Å²) >= 11 is 0. The molecule has 5 nitrogen and oxygen atoms in total. The number of carbonyl (C=O) groups is 2. The maximum Gasteiger partial charge on any atom is 0.326 e. The lowest BCUT2D eigenvalue weighted by Crippen LogP contribution is -2.53. The Kier molecular flexibility index (Phi) is 5.33. The molecule has 0 aliphatic carbocycles. The first kappa shape index (κ1) is 15.5. The highest BCUT2D eigenvalue weighted by atomic mass is 16.4. The zero-order valence-corrected chi connectivity index (χ0v) is 12.1. The molecule has 0 bridgehead atoms. The van der Waals surface area contributed by atoms with Gasteiger partial charge in [0.1, 0.15) is 6.04 Å². The molecule has 5 heteroatoms. The number of hydrogen-bond donors (Lipinski definition) is 2. The van der Waals surface area contributed by atoms with E-state index in [1.54, 1.807) is 0 Å². The van der Waals surface area contributed by atoms with E-state index in [2.05, 4.69) is 0 Å². The first-order chi connectivity index (χ1) is 10.1. The predicted octanol–water partition coefficient (Wildman–Crippen LogP) is 1.41. The van der Waals surface area contributed by atoms with Crippen LogP contribution >= 0.6 is 0 Å². The molecular formula is C16H22N2O3. The van der Waals surface area contributed by atoms with Crippen molar-refractivity contribution in [1.82, 2.24) is 4.90 Å². The molecule has 1 saturated heterocycles. The molecule has 1 amide bonds. The van der Waals surface area contributed by atoms with Crippen LogP contribution in [0.2, 0.25) is 0 Å². The van der Waals surface area contributed by atoms with Crippen molar-refractivity contribution in [2.24, 2.45) is 5.73 Å². The maximum atomic E-state index is 12.4. The number of carboxylic acid groups (broad SMARTS) is 1. The fraction of sp³-hybridized carbons (Fsp3) is 0.500. The fourth-order valence-electron chi connectivity index (χ4n) is 2.76. The third-order valence-corrected chi connectivity index (χ3v) is 3.97. The van der Waals surface area contributed by atoms with E-state index < -0.39 is 18.1 Å². The van der Waals surface area contributed by atoms with E-state index in [1.165, 1.54) is 4.90 Å². The van der Waals surface area contributed by atoms with Crippen LogP contribution in [0.15, 0.2) is 30.3 Å². The quantitative estimate of drug-likeness (QED) is 0.859. The van der Waals surface area contributed by atoms with E-state index in [1.807, 2.05) is 30.3 Å². The molecule has 21 heavy (non-hydrogen) atoms. The average molecular weight is 290 g/mol. The number of amides is 1. The summed E-state index contributed by atoms with van der Waals surface area (Å²) < 4.78 is 0. The van der Waals surface area contributed by atoms with Crippen LogP contribution in [0.5, 0.6) is 0 Å². The van der Waals surface area contributed by atoms with Gasteiger partial charge in [-0.15, -0.1) is 0 Å². The van der Waals surface area contributed by atoms with Crippen molar-refractivity contribution in [1.29, 1.82) is 0 Å². The van der Waals surface area contributed by atoms with Crippen LogP contribution in [0.3, 0.4) is 0 Å². The molecule has 1 aromatic carbocycles. The number of nitrogens with two attached hydrogens (primary N) is 1. The van der Waals surface area contributed by atoms with Crippen LogP contribution in [0.4, 0.5) is 0 Å². The normalized spacial score (nSPS) is 20.0. The Bertz CT molecular complexity index is 490. The second kappa shape index (κ2) is 7.22. The van der Waals surface area contributed by atoms with Gasteiger partial charge in [-0.2, -0.15) is 0 Å². The molecule has 3 N–H and O–H groups in total. The summed E-state index contributed by atoms with van der Waals surface area (Å²) in [5.41, 5.74) is 7.11. The number of benzene rings is 1. The van der Waals surface area contributed by atoms with Gasteiger partial charge in [0, 0.05) is 6.54 Å². The Labute approximate surface area is 124 Å². The van der Waals surface area contributed by atoms with Crippen LogP contribution in [-0.4, -0.2) is 40.5 Å². The second-order valence-corrected chi connectivity index (χ2v) is 5.51. The predicted molar refractivity (Wildman–Crippen MR) is 79.7 cm³/mol. The molecule has 0 radical (unpaired) electrons. The third kappa shape index (κ3) is 4.04. The maximum absolute atomic E-state index is 12.4. The van der Waals surface area contributed by atoms with E-state index >= 15 is 0 Å². The van der Waals surface area contributed by atoms with Gasteiger partial charge in [0.15, 0.2) is 0 Å². The van der Waals surface area contributed by atoms with Crippen molar-refractivity contribution in [3.8, 4) is 0 Å². The molecule has 1 heterocycles.